The second kappa shape index (κ2) is 8.10. The van der Waals surface area contributed by atoms with Gasteiger partial charge in [0.1, 0.15) is 11.5 Å². The van der Waals surface area contributed by atoms with E-state index < -0.39 is 35.7 Å². The van der Waals surface area contributed by atoms with Gasteiger partial charge in [0, 0.05) is 11.1 Å². The highest BCUT2D eigenvalue weighted by molar-refractivity contribution is 6.31. The van der Waals surface area contributed by atoms with Crippen molar-refractivity contribution >= 4 is 23.5 Å². The topological polar surface area (TPSA) is 104 Å². The maximum absolute atomic E-state index is 13.6. The van der Waals surface area contributed by atoms with Crippen LogP contribution >= 0.6 is 11.6 Å². The second-order valence-electron chi connectivity index (χ2n) is 5.97. The Morgan fingerprint density at radius 3 is 2.57 bits per heavy atom. The molecule has 1 amide bonds. The van der Waals surface area contributed by atoms with E-state index >= 15 is 0 Å². The molecule has 1 aromatic heterocycles. The first-order chi connectivity index (χ1) is 13.3. The fourth-order valence-corrected chi connectivity index (χ4v) is 2.96. The van der Waals surface area contributed by atoms with Crippen LogP contribution in [0.15, 0.2) is 59.4 Å². The van der Waals surface area contributed by atoms with E-state index in [9.17, 15) is 18.8 Å². The number of hydrogen-bond acceptors (Lipinski definition) is 3. The van der Waals surface area contributed by atoms with Gasteiger partial charge in [-0.2, -0.15) is 0 Å². The van der Waals surface area contributed by atoms with Crippen LogP contribution < -0.4 is 10.9 Å². The van der Waals surface area contributed by atoms with Crippen LogP contribution in [0.5, 0.6) is 0 Å². The summed E-state index contributed by atoms with van der Waals surface area (Å²) in [4.78, 5) is 35.9. The number of carbonyl (C=O) groups is 2. The molecule has 3 rings (SSSR count). The summed E-state index contributed by atoms with van der Waals surface area (Å²) in [6.07, 6.45) is -0.515. The Kier molecular flexibility index (Phi) is 5.60. The van der Waals surface area contributed by atoms with E-state index in [1.807, 2.05) is 0 Å². The minimum absolute atomic E-state index is 0.0724. The van der Waals surface area contributed by atoms with Crippen LogP contribution in [0.4, 0.5) is 4.39 Å². The van der Waals surface area contributed by atoms with Crippen molar-refractivity contribution in [3.8, 4) is 5.69 Å². The number of carbonyl (C=O) groups excluding carboxylic acids is 1. The van der Waals surface area contributed by atoms with Crippen molar-refractivity contribution in [1.82, 2.24) is 15.1 Å². The summed E-state index contributed by atoms with van der Waals surface area (Å²) in [6, 6.07) is 12.1. The van der Waals surface area contributed by atoms with Gasteiger partial charge in [-0.15, -0.1) is 0 Å². The Hall–Kier alpha value is -3.39. The van der Waals surface area contributed by atoms with Crippen LogP contribution in [0.3, 0.4) is 0 Å². The second-order valence-corrected chi connectivity index (χ2v) is 6.38. The normalized spacial score (nSPS) is 11.8. The Balaban J connectivity index is 1.90. The van der Waals surface area contributed by atoms with Crippen LogP contribution in [0.25, 0.3) is 5.69 Å². The van der Waals surface area contributed by atoms with E-state index in [0.717, 1.165) is 18.2 Å². The van der Waals surface area contributed by atoms with Crippen molar-refractivity contribution in [3.05, 3.63) is 87.0 Å². The largest absolute Gasteiger partial charge is 0.481 e. The van der Waals surface area contributed by atoms with E-state index in [4.69, 9.17) is 16.7 Å². The zero-order chi connectivity index (χ0) is 20.3. The van der Waals surface area contributed by atoms with Crippen molar-refractivity contribution in [3.63, 3.8) is 0 Å². The lowest BCUT2D eigenvalue weighted by Gasteiger charge is -2.18. The molecule has 3 N–H and O–H groups in total. The lowest BCUT2D eigenvalue weighted by atomic mass is 10.0. The number of carboxylic acid groups (broad SMARTS) is 1. The number of para-hydroxylation sites is 1. The van der Waals surface area contributed by atoms with Crippen LogP contribution in [-0.2, 0) is 4.79 Å². The monoisotopic (exact) mass is 403 g/mol. The summed E-state index contributed by atoms with van der Waals surface area (Å²) in [6.45, 7) is 0. The molecule has 0 fully saturated rings. The minimum atomic E-state index is -1.21. The summed E-state index contributed by atoms with van der Waals surface area (Å²) in [5, 5.41) is 14.4. The van der Waals surface area contributed by atoms with E-state index in [0.29, 0.717) is 5.69 Å². The number of amides is 1. The molecule has 28 heavy (non-hydrogen) atoms. The Morgan fingerprint density at radius 2 is 1.89 bits per heavy atom. The number of aliphatic carboxylic acids is 1. The van der Waals surface area contributed by atoms with Crippen LogP contribution in [0.2, 0.25) is 5.02 Å². The molecular formula is C19H15ClFN3O4. The molecule has 0 aliphatic carbocycles. The van der Waals surface area contributed by atoms with Crippen LogP contribution in [0, 0.1) is 5.82 Å². The van der Waals surface area contributed by atoms with E-state index in [2.05, 4.69) is 10.4 Å². The molecule has 0 saturated carbocycles. The molecule has 0 aliphatic heterocycles. The van der Waals surface area contributed by atoms with E-state index in [1.54, 1.807) is 30.3 Å². The van der Waals surface area contributed by atoms with Crippen LogP contribution in [0.1, 0.15) is 28.5 Å². The predicted molar refractivity (Wildman–Crippen MR) is 100 cm³/mol. The van der Waals surface area contributed by atoms with Crippen molar-refractivity contribution < 1.29 is 19.1 Å². The number of rotatable bonds is 6. The van der Waals surface area contributed by atoms with Gasteiger partial charge in [-0.3, -0.25) is 19.5 Å². The molecule has 0 aliphatic rings. The van der Waals surface area contributed by atoms with Crippen molar-refractivity contribution in [1.29, 1.82) is 0 Å². The van der Waals surface area contributed by atoms with Gasteiger partial charge in [0.2, 0.25) is 0 Å². The van der Waals surface area contributed by atoms with Gasteiger partial charge >= 0.3 is 5.97 Å². The first-order valence-electron chi connectivity index (χ1n) is 8.20. The smallest absolute Gasteiger partial charge is 0.305 e. The van der Waals surface area contributed by atoms with Gasteiger partial charge in [-0.05, 0) is 35.9 Å². The SMILES string of the molecule is O=C(O)CC(NC(=O)c1cc(=O)n(-c2ccccc2)[nH]1)c1cc(F)ccc1Cl. The fraction of sp³-hybridized carbons (Fsp3) is 0.105. The summed E-state index contributed by atoms with van der Waals surface area (Å²) in [7, 11) is 0. The third kappa shape index (κ3) is 4.29. The van der Waals surface area contributed by atoms with Crippen molar-refractivity contribution in [2.75, 3.05) is 0 Å². The molecule has 0 radical (unpaired) electrons. The molecule has 1 heterocycles. The van der Waals surface area contributed by atoms with Crippen molar-refractivity contribution in [2.24, 2.45) is 0 Å². The number of halogens is 2. The zero-order valence-corrected chi connectivity index (χ0v) is 15.1. The molecule has 1 atom stereocenters. The first-order valence-corrected chi connectivity index (χ1v) is 8.58. The molecule has 144 valence electrons. The van der Waals surface area contributed by atoms with E-state index in [1.165, 1.54) is 10.7 Å². The lowest BCUT2D eigenvalue weighted by molar-refractivity contribution is -0.137. The molecule has 7 nitrogen and oxygen atoms in total. The molecule has 1 unspecified atom stereocenters. The number of benzene rings is 2. The summed E-state index contributed by atoms with van der Waals surface area (Å²) in [5.41, 5.74) is 0.121. The van der Waals surface area contributed by atoms with Gasteiger partial charge in [0.25, 0.3) is 11.5 Å². The van der Waals surface area contributed by atoms with Gasteiger partial charge in [0.15, 0.2) is 0 Å². The molecule has 3 aromatic rings. The number of aromatic nitrogens is 2. The van der Waals surface area contributed by atoms with Gasteiger partial charge in [-0.1, -0.05) is 29.8 Å². The van der Waals surface area contributed by atoms with Gasteiger partial charge in [-0.25, -0.2) is 9.07 Å². The first kappa shape index (κ1) is 19.4. The van der Waals surface area contributed by atoms with E-state index in [-0.39, 0.29) is 16.3 Å². The third-order valence-electron chi connectivity index (χ3n) is 4.00. The Bertz CT molecular complexity index is 1080. The predicted octanol–water partition coefficient (Wildman–Crippen LogP) is 2.90. The van der Waals surface area contributed by atoms with Crippen molar-refractivity contribution in [2.45, 2.75) is 12.5 Å². The molecule has 2 aromatic carbocycles. The maximum Gasteiger partial charge on any atom is 0.305 e. The standard InChI is InChI=1S/C19H15ClFN3O4/c20-14-7-6-11(21)8-13(14)15(10-18(26)27)22-19(28)16-9-17(25)24(23-16)12-4-2-1-3-5-12/h1-9,15,23H,10H2,(H,22,28)(H,26,27). The third-order valence-corrected chi connectivity index (χ3v) is 4.34. The average molecular weight is 404 g/mol. The zero-order valence-electron chi connectivity index (χ0n) is 14.4. The highest BCUT2D eigenvalue weighted by Crippen LogP contribution is 2.26. The number of H-pyrrole nitrogens is 1. The summed E-state index contributed by atoms with van der Waals surface area (Å²) in [5.74, 6) is -2.55. The molecule has 0 spiro atoms. The summed E-state index contributed by atoms with van der Waals surface area (Å²) >= 11 is 6.04. The number of nitrogens with zero attached hydrogens (tertiary/aromatic N) is 1. The van der Waals surface area contributed by atoms with Gasteiger partial charge < -0.3 is 10.4 Å². The summed E-state index contributed by atoms with van der Waals surface area (Å²) < 4.78 is 14.8. The number of carboxylic acids is 1. The average Bonchev–Trinajstić information content (AvgIpc) is 3.05. The molecule has 9 heteroatoms. The van der Waals surface area contributed by atoms with Crippen LogP contribution in [-0.4, -0.2) is 26.8 Å². The van der Waals surface area contributed by atoms with Gasteiger partial charge in [0.05, 0.1) is 18.2 Å². The number of nitrogens with one attached hydrogen (secondary N) is 2. The molecular weight excluding hydrogens is 389 g/mol. The fourth-order valence-electron chi connectivity index (χ4n) is 2.71. The molecule has 0 bridgehead atoms. The quantitative estimate of drug-likeness (QED) is 0.588. The number of hydrogen-bond donors (Lipinski definition) is 3. The maximum atomic E-state index is 13.6. The molecule has 0 saturated heterocycles. The highest BCUT2D eigenvalue weighted by Gasteiger charge is 2.23. The highest BCUT2D eigenvalue weighted by atomic mass is 35.5. The number of aromatic amines is 1. The Morgan fingerprint density at radius 1 is 1.18 bits per heavy atom. The lowest BCUT2D eigenvalue weighted by Crippen LogP contribution is -2.31. The Labute approximate surface area is 163 Å². The minimum Gasteiger partial charge on any atom is -0.481 e.